The number of nitrogens with zero attached hydrogens (tertiary/aromatic N) is 1. The molecule has 0 aromatic carbocycles. The van der Waals surface area contributed by atoms with Crippen molar-refractivity contribution in [2.24, 2.45) is 5.92 Å². The summed E-state index contributed by atoms with van der Waals surface area (Å²) in [5, 5.41) is 6.07. The van der Waals surface area contributed by atoms with Crippen LogP contribution in [0.1, 0.15) is 40.0 Å². The second kappa shape index (κ2) is 6.64. The number of likely N-dealkylation sites (tertiary alicyclic amines) is 1. The van der Waals surface area contributed by atoms with Crippen LogP contribution in [0.4, 0.5) is 4.79 Å². The number of carbonyl (C=O) groups is 2. The third-order valence-electron chi connectivity index (χ3n) is 3.90. The summed E-state index contributed by atoms with van der Waals surface area (Å²) in [5.74, 6) is 0.757. The lowest BCUT2D eigenvalue weighted by Gasteiger charge is -2.35. The molecule has 2 N–H and O–H groups in total. The third-order valence-corrected chi connectivity index (χ3v) is 3.90. The molecule has 2 amide bonds. The molecule has 2 rings (SSSR count). The van der Waals surface area contributed by atoms with Crippen molar-refractivity contribution < 1.29 is 14.3 Å². The van der Waals surface area contributed by atoms with E-state index in [0.29, 0.717) is 12.3 Å². The topological polar surface area (TPSA) is 70.7 Å². The lowest BCUT2D eigenvalue weighted by Crippen LogP contribution is -2.49. The van der Waals surface area contributed by atoms with Gasteiger partial charge in [-0.15, -0.1) is 0 Å². The number of piperidine rings is 1. The molecular formula is C15H27N3O3. The molecule has 0 bridgehead atoms. The van der Waals surface area contributed by atoms with Crippen molar-refractivity contribution in [3.05, 3.63) is 0 Å². The zero-order chi connectivity index (χ0) is 15.5. The van der Waals surface area contributed by atoms with Crippen LogP contribution in [0.5, 0.6) is 0 Å². The Bertz CT molecular complexity index is 380. The Morgan fingerprint density at radius 1 is 1.24 bits per heavy atom. The molecule has 0 spiro atoms. The van der Waals surface area contributed by atoms with Gasteiger partial charge in [0.15, 0.2) is 0 Å². The van der Waals surface area contributed by atoms with E-state index in [1.807, 2.05) is 25.7 Å². The van der Waals surface area contributed by atoms with E-state index < -0.39 is 5.60 Å². The Kier molecular flexibility index (Phi) is 5.08. The Morgan fingerprint density at radius 3 is 2.33 bits per heavy atom. The van der Waals surface area contributed by atoms with Gasteiger partial charge < -0.3 is 20.3 Å². The maximum absolute atomic E-state index is 12.1. The first-order chi connectivity index (χ1) is 9.83. The van der Waals surface area contributed by atoms with Gasteiger partial charge in [-0.05, 0) is 52.6 Å². The van der Waals surface area contributed by atoms with Gasteiger partial charge in [0.1, 0.15) is 5.60 Å². The summed E-state index contributed by atoms with van der Waals surface area (Å²) in [5.41, 5.74) is -0.475. The first kappa shape index (κ1) is 16.1. The molecule has 0 aromatic heterocycles. The van der Waals surface area contributed by atoms with Crippen LogP contribution >= 0.6 is 0 Å². The van der Waals surface area contributed by atoms with E-state index in [9.17, 15) is 9.59 Å². The van der Waals surface area contributed by atoms with Crippen molar-refractivity contribution in [2.75, 3.05) is 26.2 Å². The second-order valence-corrected chi connectivity index (χ2v) is 7.03. The minimum absolute atomic E-state index is 0.106. The normalized spacial score (nSPS) is 20.8. The largest absolute Gasteiger partial charge is 0.444 e. The molecule has 0 aromatic rings. The highest BCUT2D eigenvalue weighted by molar-refractivity contribution is 5.76. The van der Waals surface area contributed by atoms with Crippen LogP contribution in [-0.2, 0) is 9.53 Å². The number of hydrogen-bond donors (Lipinski definition) is 2. The van der Waals surface area contributed by atoms with Crippen molar-refractivity contribution in [1.82, 2.24) is 15.5 Å². The molecule has 2 saturated heterocycles. The molecule has 0 atom stereocenters. The monoisotopic (exact) mass is 297 g/mol. The molecule has 120 valence electrons. The first-order valence-electron chi connectivity index (χ1n) is 7.81. The lowest BCUT2D eigenvalue weighted by atomic mass is 9.97. The lowest BCUT2D eigenvalue weighted by molar-refractivity contribution is -0.133. The summed E-state index contributed by atoms with van der Waals surface area (Å²) in [6, 6.07) is 0.106. The standard InChI is InChI=1S/C15H27N3O3/c1-15(2,3)21-14(20)17-12-4-6-18(7-5-12)13(19)8-11-9-16-10-11/h11-12,16H,4-10H2,1-3H3,(H,17,20). The molecule has 2 aliphatic rings. The number of hydrogen-bond acceptors (Lipinski definition) is 4. The summed E-state index contributed by atoms with van der Waals surface area (Å²) in [6.07, 6.45) is 1.88. The highest BCUT2D eigenvalue weighted by Crippen LogP contribution is 2.16. The molecule has 2 fully saturated rings. The Morgan fingerprint density at radius 2 is 1.86 bits per heavy atom. The Balaban J connectivity index is 1.67. The molecule has 6 heteroatoms. The smallest absolute Gasteiger partial charge is 0.407 e. The van der Waals surface area contributed by atoms with Gasteiger partial charge in [0.25, 0.3) is 0 Å². The highest BCUT2D eigenvalue weighted by Gasteiger charge is 2.28. The van der Waals surface area contributed by atoms with Gasteiger partial charge in [0.05, 0.1) is 0 Å². The van der Waals surface area contributed by atoms with Crippen LogP contribution < -0.4 is 10.6 Å². The van der Waals surface area contributed by atoms with E-state index in [4.69, 9.17) is 4.74 Å². The SMILES string of the molecule is CC(C)(C)OC(=O)NC1CCN(C(=O)CC2CNC2)CC1. The van der Waals surface area contributed by atoms with Gasteiger partial charge in [0.2, 0.25) is 5.91 Å². The summed E-state index contributed by atoms with van der Waals surface area (Å²) < 4.78 is 5.25. The van der Waals surface area contributed by atoms with Gasteiger partial charge >= 0.3 is 6.09 Å². The van der Waals surface area contributed by atoms with Gasteiger partial charge in [0, 0.05) is 25.6 Å². The Labute approximate surface area is 126 Å². The average molecular weight is 297 g/mol. The van der Waals surface area contributed by atoms with E-state index in [-0.39, 0.29) is 18.0 Å². The molecule has 2 heterocycles. The number of amides is 2. The molecule has 2 aliphatic heterocycles. The summed E-state index contributed by atoms with van der Waals surface area (Å²) >= 11 is 0. The molecule has 0 radical (unpaired) electrons. The number of ether oxygens (including phenoxy) is 1. The first-order valence-corrected chi connectivity index (χ1v) is 7.81. The maximum atomic E-state index is 12.1. The zero-order valence-electron chi connectivity index (χ0n) is 13.3. The van der Waals surface area contributed by atoms with E-state index in [0.717, 1.165) is 39.0 Å². The molecule has 0 aliphatic carbocycles. The summed E-state index contributed by atoms with van der Waals surface area (Å²) in [4.78, 5) is 25.7. The molecule has 6 nitrogen and oxygen atoms in total. The predicted molar refractivity (Wildman–Crippen MR) is 79.9 cm³/mol. The van der Waals surface area contributed by atoms with Crippen molar-refractivity contribution in [3.63, 3.8) is 0 Å². The van der Waals surface area contributed by atoms with Gasteiger partial charge in [-0.2, -0.15) is 0 Å². The maximum Gasteiger partial charge on any atom is 0.407 e. The van der Waals surface area contributed by atoms with Crippen molar-refractivity contribution >= 4 is 12.0 Å². The van der Waals surface area contributed by atoms with E-state index in [1.165, 1.54) is 0 Å². The van der Waals surface area contributed by atoms with Crippen molar-refractivity contribution in [2.45, 2.75) is 51.7 Å². The van der Waals surface area contributed by atoms with Crippen LogP contribution in [0.25, 0.3) is 0 Å². The fourth-order valence-electron chi connectivity index (χ4n) is 2.62. The molecule has 0 unspecified atom stereocenters. The number of rotatable bonds is 3. The number of carbonyl (C=O) groups excluding carboxylic acids is 2. The Hall–Kier alpha value is -1.30. The summed E-state index contributed by atoms with van der Waals surface area (Å²) in [6.45, 7) is 8.92. The molecule has 0 saturated carbocycles. The molecule has 21 heavy (non-hydrogen) atoms. The number of nitrogens with one attached hydrogen (secondary N) is 2. The quantitative estimate of drug-likeness (QED) is 0.819. The second-order valence-electron chi connectivity index (χ2n) is 7.03. The fourth-order valence-corrected chi connectivity index (χ4v) is 2.62. The van der Waals surface area contributed by atoms with Crippen LogP contribution in [-0.4, -0.2) is 54.7 Å². The predicted octanol–water partition coefficient (Wildman–Crippen LogP) is 1.11. The fraction of sp³-hybridized carbons (Fsp3) is 0.867. The van der Waals surface area contributed by atoms with Crippen LogP contribution in [0.15, 0.2) is 0 Å². The zero-order valence-corrected chi connectivity index (χ0v) is 13.3. The van der Waals surface area contributed by atoms with Gasteiger partial charge in [-0.1, -0.05) is 0 Å². The summed E-state index contributed by atoms with van der Waals surface area (Å²) in [7, 11) is 0. The van der Waals surface area contributed by atoms with Crippen LogP contribution in [0.3, 0.4) is 0 Å². The average Bonchev–Trinajstić information content (AvgIpc) is 2.32. The van der Waals surface area contributed by atoms with E-state index >= 15 is 0 Å². The number of alkyl carbamates (subject to hydrolysis) is 1. The van der Waals surface area contributed by atoms with Crippen molar-refractivity contribution in [3.8, 4) is 0 Å². The molecular weight excluding hydrogens is 270 g/mol. The minimum atomic E-state index is -0.475. The van der Waals surface area contributed by atoms with E-state index in [1.54, 1.807) is 0 Å². The van der Waals surface area contributed by atoms with Gasteiger partial charge in [-0.25, -0.2) is 4.79 Å². The third kappa shape index (κ3) is 5.19. The van der Waals surface area contributed by atoms with Crippen LogP contribution in [0, 0.1) is 5.92 Å². The highest BCUT2D eigenvalue weighted by atomic mass is 16.6. The van der Waals surface area contributed by atoms with Crippen LogP contribution in [0.2, 0.25) is 0 Å². The van der Waals surface area contributed by atoms with E-state index in [2.05, 4.69) is 10.6 Å². The van der Waals surface area contributed by atoms with Crippen molar-refractivity contribution in [1.29, 1.82) is 0 Å². The van der Waals surface area contributed by atoms with Gasteiger partial charge in [-0.3, -0.25) is 4.79 Å². The minimum Gasteiger partial charge on any atom is -0.444 e.